The van der Waals surface area contributed by atoms with Gasteiger partial charge in [-0.1, -0.05) is 89.3 Å². The van der Waals surface area contributed by atoms with Crippen molar-refractivity contribution in [2.75, 3.05) is 12.0 Å². The van der Waals surface area contributed by atoms with Gasteiger partial charge in [0.25, 0.3) is 5.78 Å². The number of halogens is 1. The Bertz CT molecular complexity index is 1840. The number of aromatic nitrogens is 2. The molecule has 5 aromatic rings. The van der Waals surface area contributed by atoms with E-state index in [0.717, 1.165) is 11.1 Å². The van der Waals surface area contributed by atoms with Gasteiger partial charge in [-0.25, -0.2) is 0 Å². The lowest BCUT2D eigenvalue weighted by atomic mass is 9.95. The monoisotopic (exact) mass is 655 g/mol. The van der Waals surface area contributed by atoms with E-state index < -0.39 is 17.7 Å². The number of hydrogen-bond donors (Lipinski definition) is 1. The fourth-order valence-corrected chi connectivity index (χ4v) is 6.77. The molecule has 1 amide bonds. The van der Waals surface area contributed by atoms with Gasteiger partial charge < -0.3 is 14.6 Å². The smallest absolute Gasteiger partial charge is 0.301 e. The maximum absolute atomic E-state index is 13.6. The lowest BCUT2D eigenvalue weighted by Gasteiger charge is -2.22. The number of aliphatic hydroxyl groups excluding tert-OH is 1. The van der Waals surface area contributed by atoms with Crippen molar-refractivity contribution in [3.8, 4) is 11.5 Å². The molecule has 8 nitrogen and oxygen atoms in total. The summed E-state index contributed by atoms with van der Waals surface area (Å²) in [6.07, 6.45) is 0. The van der Waals surface area contributed by atoms with Crippen molar-refractivity contribution in [2.45, 2.75) is 22.7 Å². The van der Waals surface area contributed by atoms with Gasteiger partial charge in [0.2, 0.25) is 5.13 Å². The molecule has 6 rings (SSSR count). The molecule has 0 aliphatic carbocycles. The predicted octanol–water partition coefficient (Wildman–Crippen LogP) is 7.70. The van der Waals surface area contributed by atoms with E-state index in [1.807, 2.05) is 54.6 Å². The Morgan fingerprint density at radius 3 is 2.27 bits per heavy atom. The molecule has 0 bridgehead atoms. The number of anilines is 1. The Kier molecular flexibility index (Phi) is 9.16. The van der Waals surface area contributed by atoms with Crippen molar-refractivity contribution in [1.82, 2.24) is 10.2 Å². The number of amides is 1. The molecule has 0 saturated carbocycles. The van der Waals surface area contributed by atoms with Crippen LogP contribution in [-0.4, -0.2) is 34.1 Å². The lowest BCUT2D eigenvalue weighted by molar-refractivity contribution is -0.132. The fourth-order valence-electron chi connectivity index (χ4n) is 4.82. The van der Waals surface area contributed by atoms with Crippen LogP contribution >= 0.6 is 34.7 Å². The fraction of sp³-hybridized carbons (Fsp3) is 0.118. The van der Waals surface area contributed by atoms with Crippen LogP contribution < -0.4 is 14.4 Å². The van der Waals surface area contributed by atoms with E-state index in [0.29, 0.717) is 44.3 Å². The molecule has 1 aromatic heterocycles. The third kappa shape index (κ3) is 6.73. The van der Waals surface area contributed by atoms with Gasteiger partial charge in [0.1, 0.15) is 23.9 Å². The molecular weight excluding hydrogens is 630 g/mol. The number of methoxy groups -OCH3 is 1. The minimum atomic E-state index is -0.947. The average Bonchev–Trinajstić information content (AvgIpc) is 3.65. The number of carbonyl (C=O) groups excluding carboxylic acids is 2. The number of Topliss-reactive ketones (excluding diaryl/α,β-unsaturated/α-hetero) is 1. The van der Waals surface area contributed by atoms with Crippen LogP contribution in [0, 0.1) is 0 Å². The van der Waals surface area contributed by atoms with Gasteiger partial charge in [-0.15, -0.1) is 10.2 Å². The first-order chi connectivity index (χ1) is 21.9. The number of thioether (sulfide) groups is 1. The van der Waals surface area contributed by atoms with Crippen LogP contribution in [0.1, 0.15) is 28.3 Å². The minimum Gasteiger partial charge on any atom is -0.507 e. The molecule has 226 valence electrons. The zero-order valence-electron chi connectivity index (χ0n) is 23.9. The van der Waals surface area contributed by atoms with Gasteiger partial charge in [0.15, 0.2) is 4.34 Å². The number of hydrogen-bond acceptors (Lipinski definition) is 9. The summed E-state index contributed by atoms with van der Waals surface area (Å²) >= 11 is 8.67. The van der Waals surface area contributed by atoms with Crippen LogP contribution in [0.25, 0.3) is 5.76 Å². The highest BCUT2D eigenvalue weighted by Gasteiger charge is 2.48. The predicted molar refractivity (Wildman–Crippen MR) is 176 cm³/mol. The van der Waals surface area contributed by atoms with E-state index in [1.165, 1.54) is 35.1 Å². The number of ketones is 1. The van der Waals surface area contributed by atoms with Gasteiger partial charge in [-0.3, -0.25) is 14.5 Å². The molecule has 1 unspecified atom stereocenters. The number of nitrogens with zero attached hydrogens (tertiary/aromatic N) is 3. The lowest BCUT2D eigenvalue weighted by Crippen LogP contribution is -2.29. The van der Waals surface area contributed by atoms with Gasteiger partial charge >= 0.3 is 5.91 Å². The Morgan fingerprint density at radius 1 is 0.889 bits per heavy atom. The zero-order valence-corrected chi connectivity index (χ0v) is 26.3. The first-order valence-electron chi connectivity index (χ1n) is 13.8. The summed E-state index contributed by atoms with van der Waals surface area (Å²) in [6, 6.07) is 30.1. The maximum Gasteiger partial charge on any atom is 0.301 e. The number of carbonyl (C=O) groups is 2. The summed E-state index contributed by atoms with van der Waals surface area (Å²) < 4.78 is 11.8. The second-order valence-corrected chi connectivity index (χ2v) is 12.6. The van der Waals surface area contributed by atoms with Crippen molar-refractivity contribution in [3.05, 3.63) is 136 Å². The second kappa shape index (κ2) is 13.6. The maximum atomic E-state index is 13.6. The van der Waals surface area contributed by atoms with E-state index in [9.17, 15) is 14.7 Å². The first-order valence-corrected chi connectivity index (χ1v) is 16.0. The Labute approximate surface area is 272 Å². The van der Waals surface area contributed by atoms with E-state index in [1.54, 1.807) is 48.5 Å². The molecule has 0 spiro atoms. The summed E-state index contributed by atoms with van der Waals surface area (Å²) in [5, 5.41) is 20.9. The van der Waals surface area contributed by atoms with Crippen molar-refractivity contribution in [3.63, 3.8) is 0 Å². The summed E-state index contributed by atoms with van der Waals surface area (Å²) in [5.41, 5.74) is 3.00. The van der Waals surface area contributed by atoms with Crippen molar-refractivity contribution >= 4 is 57.3 Å². The summed E-state index contributed by atoms with van der Waals surface area (Å²) in [4.78, 5) is 28.5. The van der Waals surface area contributed by atoms with Crippen molar-refractivity contribution < 1.29 is 24.2 Å². The summed E-state index contributed by atoms with van der Waals surface area (Å²) in [6.45, 7) is 0.386. The average molecular weight is 656 g/mol. The molecular formula is C34H26ClN3O5S2. The second-order valence-electron chi connectivity index (χ2n) is 10.0. The SMILES string of the molecule is COc1ccc(/C(O)=C2/C(=O)C(=O)N(c3nnc(SCc4ccc(Cl)cc4)s3)C2c2ccc(OCc3ccccc3)cc2)cc1. The number of ether oxygens (including phenoxy) is 2. The number of benzene rings is 4. The van der Waals surface area contributed by atoms with Crippen LogP contribution in [0.3, 0.4) is 0 Å². The van der Waals surface area contributed by atoms with Crippen LogP contribution in [0.15, 0.2) is 113 Å². The Morgan fingerprint density at radius 2 is 1.58 bits per heavy atom. The highest BCUT2D eigenvalue weighted by Crippen LogP contribution is 2.44. The molecule has 4 aromatic carbocycles. The van der Waals surface area contributed by atoms with Gasteiger partial charge in [-0.05, 0) is 65.2 Å². The van der Waals surface area contributed by atoms with Crippen LogP contribution in [0.4, 0.5) is 5.13 Å². The van der Waals surface area contributed by atoms with Gasteiger partial charge in [-0.2, -0.15) is 0 Å². The van der Waals surface area contributed by atoms with Crippen LogP contribution in [0.2, 0.25) is 5.02 Å². The zero-order chi connectivity index (χ0) is 31.3. The molecule has 1 atom stereocenters. The van der Waals surface area contributed by atoms with E-state index in [2.05, 4.69) is 10.2 Å². The van der Waals surface area contributed by atoms with E-state index >= 15 is 0 Å². The van der Waals surface area contributed by atoms with E-state index in [-0.39, 0.29) is 16.5 Å². The molecule has 1 saturated heterocycles. The molecule has 1 N–H and O–H groups in total. The molecule has 11 heteroatoms. The Hall–Kier alpha value is -4.64. The summed E-state index contributed by atoms with van der Waals surface area (Å²) in [5.74, 6) is -0.0859. The molecule has 1 aliphatic heterocycles. The van der Waals surface area contributed by atoms with Crippen LogP contribution in [0.5, 0.6) is 11.5 Å². The third-order valence-corrected chi connectivity index (χ3v) is 9.51. The molecule has 45 heavy (non-hydrogen) atoms. The standard InChI is InChI=1S/C34H26ClN3O5S2/c1-42-26-15-11-24(12-16-26)30(39)28-29(23-9-17-27(18-10-23)43-19-21-5-3-2-4-6-21)38(32(41)31(28)40)33-36-37-34(45-33)44-20-22-7-13-25(35)14-8-22/h2-18,29,39H,19-20H2,1H3/b30-28-. The topological polar surface area (TPSA) is 102 Å². The molecule has 1 fully saturated rings. The largest absolute Gasteiger partial charge is 0.507 e. The Balaban J connectivity index is 1.33. The quantitative estimate of drug-likeness (QED) is 0.0537. The van der Waals surface area contributed by atoms with Gasteiger partial charge in [0.05, 0.1) is 18.7 Å². The van der Waals surface area contributed by atoms with Crippen molar-refractivity contribution in [2.24, 2.45) is 0 Å². The third-order valence-electron chi connectivity index (χ3n) is 7.13. The van der Waals surface area contributed by atoms with Crippen molar-refractivity contribution in [1.29, 1.82) is 0 Å². The highest BCUT2D eigenvalue weighted by atomic mass is 35.5. The number of rotatable bonds is 10. The normalized spacial score (nSPS) is 15.8. The summed E-state index contributed by atoms with van der Waals surface area (Å²) in [7, 11) is 1.54. The van der Waals surface area contributed by atoms with Gasteiger partial charge in [0, 0.05) is 16.3 Å². The molecule has 1 aliphatic rings. The first kappa shape index (κ1) is 30.4. The minimum absolute atomic E-state index is 0.0475. The number of aliphatic hydroxyl groups is 1. The molecule has 2 heterocycles. The van der Waals surface area contributed by atoms with Crippen LogP contribution in [-0.2, 0) is 21.9 Å². The molecule has 0 radical (unpaired) electrons. The van der Waals surface area contributed by atoms with E-state index in [4.69, 9.17) is 21.1 Å². The highest BCUT2D eigenvalue weighted by molar-refractivity contribution is 8.00.